The Morgan fingerprint density at radius 1 is 1.10 bits per heavy atom. The molecule has 9 heteroatoms. The summed E-state index contributed by atoms with van der Waals surface area (Å²) in [5, 5.41) is 15.2. The normalized spacial score (nSPS) is 20.6. The molecular formula is C31H39ClN4O4. The first kappa shape index (κ1) is 28.6. The molecule has 0 unspecified atom stereocenters. The number of morpholine rings is 1. The lowest BCUT2D eigenvalue weighted by molar-refractivity contribution is -0.158. The molecule has 3 aromatic rings. The largest absolute Gasteiger partial charge is 0.490 e. The van der Waals surface area contributed by atoms with Crippen molar-refractivity contribution in [1.82, 2.24) is 19.6 Å². The molecule has 8 nitrogen and oxygen atoms in total. The molecule has 40 heavy (non-hydrogen) atoms. The Kier molecular flexibility index (Phi) is 9.10. The van der Waals surface area contributed by atoms with E-state index in [1.54, 1.807) is 0 Å². The minimum Gasteiger partial charge on any atom is -0.490 e. The van der Waals surface area contributed by atoms with E-state index in [9.17, 15) is 9.90 Å². The van der Waals surface area contributed by atoms with E-state index < -0.39 is 5.60 Å². The number of aryl methyl sites for hydroxylation is 2. The molecule has 0 spiro atoms. The van der Waals surface area contributed by atoms with Gasteiger partial charge in [-0.05, 0) is 55.5 Å². The molecule has 2 aromatic carbocycles. The first-order valence-corrected chi connectivity index (χ1v) is 14.4. The number of ether oxygens (including phenoxy) is 2. The molecule has 0 bridgehead atoms. The van der Waals surface area contributed by atoms with Crippen LogP contribution >= 0.6 is 11.6 Å². The highest BCUT2D eigenvalue weighted by atomic mass is 35.5. The van der Waals surface area contributed by atoms with Crippen molar-refractivity contribution in [2.24, 2.45) is 0 Å². The van der Waals surface area contributed by atoms with Gasteiger partial charge in [0.2, 0.25) is 5.91 Å². The molecule has 2 fully saturated rings. The van der Waals surface area contributed by atoms with E-state index in [4.69, 9.17) is 21.1 Å². The standard InChI is InChI=1S/C31H39ClN4O4/c1-23-14-28(15-24(2)30(23)32)39-22-31(16-29(38)35-10-8-27(37)9-11-35)21-34(12-13-40-31)18-26-17-33-36(20-26)19-25-6-4-3-5-7-25/h3-7,14-15,17,20,27,37H,8-13,16,18-19,21-22H2,1-2H3/t31-/m1/s1. The first-order chi connectivity index (χ1) is 19.3. The number of hydrogen-bond donors (Lipinski definition) is 1. The number of aliphatic hydroxyl groups is 1. The monoisotopic (exact) mass is 566 g/mol. The zero-order chi connectivity index (χ0) is 28.1. The third kappa shape index (κ3) is 7.23. The van der Waals surface area contributed by atoms with Crippen molar-refractivity contribution < 1.29 is 19.4 Å². The van der Waals surface area contributed by atoms with Crippen molar-refractivity contribution in [1.29, 1.82) is 0 Å². The zero-order valence-corrected chi connectivity index (χ0v) is 24.1. The quantitative estimate of drug-likeness (QED) is 0.418. The van der Waals surface area contributed by atoms with Gasteiger partial charge in [0.25, 0.3) is 0 Å². The lowest BCUT2D eigenvalue weighted by Gasteiger charge is -2.43. The maximum atomic E-state index is 13.4. The minimum atomic E-state index is -0.799. The van der Waals surface area contributed by atoms with Gasteiger partial charge in [-0.15, -0.1) is 0 Å². The Balaban J connectivity index is 1.29. The number of hydrogen-bond acceptors (Lipinski definition) is 6. The van der Waals surface area contributed by atoms with Gasteiger partial charge >= 0.3 is 0 Å². The fourth-order valence-electron chi connectivity index (χ4n) is 5.61. The van der Waals surface area contributed by atoms with E-state index in [-0.39, 0.29) is 25.0 Å². The average Bonchev–Trinajstić information content (AvgIpc) is 3.38. The van der Waals surface area contributed by atoms with Crippen LogP contribution in [0.3, 0.4) is 0 Å². The molecule has 2 saturated heterocycles. The predicted molar refractivity (Wildman–Crippen MR) is 155 cm³/mol. The van der Waals surface area contributed by atoms with Gasteiger partial charge in [0.1, 0.15) is 18.0 Å². The Bertz CT molecular complexity index is 1270. The number of amides is 1. The smallest absolute Gasteiger partial charge is 0.225 e. The van der Waals surface area contributed by atoms with Crippen molar-refractivity contribution in [3.63, 3.8) is 0 Å². The van der Waals surface area contributed by atoms with Crippen LogP contribution in [0.1, 0.15) is 41.5 Å². The van der Waals surface area contributed by atoms with E-state index in [1.165, 1.54) is 5.56 Å². The number of nitrogens with zero attached hydrogens (tertiary/aromatic N) is 4. The van der Waals surface area contributed by atoms with Crippen LogP contribution in [-0.2, 0) is 22.6 Å². The highest BCUT2D eigenvalue weighted by Gasteiger charge is 2.41. The fourth-order valence-corrected chi connectivity index (χ4v) is 5.72. The summed E-state index contributed by atoms with van der Waals surface area (Å²) in [6.45, 7) is 8.56. The summed E-state index contributed by atoms with van der Waals surface area (Å²) in [7, 11) is 0. The molecule has 5 rings (SSSR count). The summed E-state index contributed by atoms with van der Waals surface area (Å²) in [5.41, 5.74) is 3.43. The van der Waals surface area contributed by atoms with Gasteiger partial charge in [-0.1, -0.05) is 41.9 Å². The fraction of sp³-hybridized carbons (Fsp3) is 0.484. The molecule has 3 heterocycles. The number of likely N-dealkylation sites (tertiary alicyclic amines) is 1. The van der Waals surface area contributed by atoms with Crippen molar-refractivity contribution in [2.75, 3.05) is 39.4 Å². The van der Waals surface area contributed by atoms with Gasteiger partial charge in [0.05, 0.1) is 31.9 Å². The number of rotatable bonds is 9. The summed E-state index contributed by atoms with van der Waals surface area (Å²) in [6.07, 6.45) is 5.11. The number of benzene rings is 2. The van der Waals surface area contributed by atoms with Crippen LogP contribution < -0.4 is 4.74 Å². The average molecular weight is 567 g/mol. The predicted octanol–water partition coefficient (Wildman–Crippen LogP) is 4.23. The number of carbonyl (C=O) groups excluding carboxylic acids is 1. The molecule has 0 aliphatic carbocycles. The third-order valence-electron chi connectivity index (χ3n) is 7.81. The summed E-state index contributed by atoms with van der Waals surface area (Å²) in [6, 6.07) is 14.1. The van der Waals surface area contributed by atoms with E-state index in [0.717, 1.165) is 40.6 Å². The summed E-state index contributed by atoms with van der Waals surface area (Å²) >= 11 is 6.37. The Labute approximate surface area is 241 Å². The topological polar surface area (TPSA) is 80.1 Å². The van der Waals surface area contributed by atoms with E-state index >= 15 is 0 Å². The van der Waals surface area contributed by atoms with Gasteiger partial charge in [0, 0.05) is 49.5 Å². The van der Waals surface area contributed by atoms with E-state index in [0.29, 0.717) is 45.6 Å². The molecule has 214 valence electrons. The van der Waals surface area contributed by atoms with Crippen molar-refractivity contribution in [2.45, 2.75) is 57.9 Å². The Morgan fingerprint density at radius 2 is 1.82 bits per heavy atom. The van der Waals surface area contributed by atoms with Gasteiger partial charge in [-0.3, -0.25) is 14.4 Å². The lowest BCUT2D eigenvalue weighted by atomic mass is 9.95. The second-order valence-electron chi connectivity index (χ2n) is 11.2. The van der Waals surface area contributed by atoms with Crippen molar-refractivity contribution >= 4 is 17.5 Å². The maximum Gasteiger partial charge on any atom is 0.225 e. The maximum absolute atomic E-state index is 13.4. The Hall–Kier alpha value is -2.91. The van der Waals surface area contributed by atoms with Crippen LogP contribution in [0.15, 0.2) is 54.9 Å². The van der Waals surface area contributed by atoms with Crippen LogP contribution in [0, 0.1) is 13.8 Å². The van der Waals surface area contributed by atoms with Gasteiger partial charge in [-0.2, -0.15) is 5.10 Å². The SMILES string of the molecule is Cc1cc(OC[C@@]2(CC(=O)N3CCC(O)CC3)CN(Cc3cnn(Cc4ccccc4)c3)CCO2)cc(C)c1Cl. The van der Waals surface area contributed by atoms with Crippen LogP contribution in [-0.4, -0.2) is 81.7 Å². The van der Waals surface area contributed by atoms with E-state index in [2.05, 4.69) is 28.3 Å². The van der Waals surface area contributed by atoms with Crippen LogP contribution in [0.5, 0.6) is 5.75 Å². The van der Waals surface area contributed by atoms with Crippen LogP contribution in [0.25, 0.3) is 0 Å². The number of aromatic nitrogens is 2. The highest BCUT2D eigenvalue weighted by molar-refractivity contribution is 6.32. The summed E-state index contributed by atoms with van der Waals surface area (Å²) in [4.78, 5) is 17.6. The number of aliphatic hydroxyl groups excluding tert-OH is 1. The molecular weight excluding hydrogens is 528 g/mol. The number of carbonyl (C=O) groups is 1. The van der Waals surface area contributed by atoms with Crippen molar-refractivity contribution in [3.05, 3.63) is 82.1 Å². The van der Waals surface area contributed by atoms with Gasteiger partial charge < -0.3 is 19.5 Å². The summed E-state index contributed by atoms with van der Waals surface area (Å²) in [5.74, 6) is 0.756. The molecule has 1 atom stereocenters. The molecule has 1 N–H and O–H groups in total. The highest BCUT2D eigenvalue weighted by Crippen LogP contribution is 2.30. The Morgan fingerprint density at radius 3 is 2.55 bits per heavy atom. The molecule has 2 aliphatic heterocycles. The number of halogens is 1. The van der Waals surface area contributed by atoms with Gasteiger partial charge in [-0.25, -0.2) is 0 Å². The molecule has 2 aliphatic rings. The second kappa shape index (κ2) is 12.7. The molecule has 1 amide bonds. The van der Waals surface area contributed by atoms with Crippen molar-refractivity contribution in [3.8, 4) is 5.75 Å². The zero-order valence-electron chi connectivity index (χ0n) is 23.4. The minimum absolute atomic E-state index is 0.0384. The third-order valence-corrected chi connectivity index (χ3v) is 8.41. The molecule has 0 radical (unpaired) electrons. The summed E-state index contributed by atoms with van der Waals surface area (Å²) < 4.78 is 14.7. The number of piperidine rings is 1. The van der Waals surface area contributed by atoms with E-state index in [1.807, 2.05) is 60.0 Å². The second-order valence-corrected chi connectivity index (χ2v) is 11.6. The molecule has 0 saturated carbocycles. The molecule has 1 aromatic heterocycles. The van der Waals surface area contributed by atoms with Crippen LogP contribution in [0.4, 0.5) is 0 Å². The van der Waals surface area contributed by atoms with Crippen LogP contribution in [0.2, 0.25) is 5.02 Å². The first-order valence-electron chi connectivity index (χ1n) is 14.1. The lowest BCUT2D eigenvalue weighted by Crippen LogP contribution is -2.57. The van der Waals surface area contributed by atoms with Gasteiger partial charge in [0.15, 0.2) is 0 Å².